The van der Waals surface area contributed by atoms with Crippen molar-refractivity contribution < 1.29 is 0 Å². The van der Waals surface area contributed by atoms with Gasteiger partial charge in [-0.25, -0.2) is 0 Å². The standard InChI is InChI=1S/C24H34N2/c1-23(2)14-22(26-17-21-12-8-5-9-13-21)15-24(3,18-23)19-25-16-20-10-6-4-7-11-20/h4-13,22,25-26H,14-19H2,1-3H3. The average Bonchev–Trinajstić information content (AvgIpc) is 2.60. The molecule has 2 nitrogen and oxygen atoms in total. The lowest BCUT2D eigenvalue weighted by molar-refractivity contribution is 0.0694. The first-order chi connectivity index (χ1) is 12.4. The lowest BCUT2D eigenvalue weighted by atomic mass is 9.62. The van der Waals surface area contributed by atoms with Crippen molar-refractivity contribution in [1.82, 2.24) is 10.6 Å². The molecule has 2 atom stereocenters. The highest BCUT2D eigenvalue weighted by atomic mass is 14.9. The van der Waals surface area contributed by atoms with E-state index in [0.29, 0.717) is 16.9 Å². The second-order valence-electron chi connectivity index (χ2n) is 9.21. The summed E-state index contributed by atoms with van der Waals surface area (Å²) in [4.78, 5) is 0. The van der Waals surface area contributed by atoms with Gasteiger partial charge in [0.1, 0.15) is 0 Å². The summed E-state index contributed by atoms with van der Waals surface area (Å²) >= 11 is 0. The van der Waals surface area contributed by atoms with E-state index in [2.05, 4.69) is 92.1 Å². The van der Waals surface area contributed by atoms with Crippen molar-refractivity contribution in [2.45, 2.75) is 59.2 Å². The predicted molar refractivity (Wildman–Crippen MR) is 111 cm³/mol. The lowest BCUT2D eigenvalue weighted by Crippen LogP contribution is -2.48. The van der Waals surface area contributed by atoms with Crippen LogP contribution in [0.1, 0.15) is 51.2 Å². The molecule has 2 unspecified atom stereocenters. The molecular weight excluding hydrogens is 316 g/mol. The summed E-state index contributed by atoms with van der Waals surface area (Å²) in [6.45, 7) is 10.3. The molecule has 0 heterocycles. The molecule has 2 N–H and O–H groups in total. The zero-order chi connectivity index (χ0) is 18.5. The normalized spacial score (nSPS) is 25.1. The molecular formula is C24H34N2. The van der Waals surface area contributed by atoms with E-state index in [1.807, 2.05) is 0 Å². The first-order valence-corrected chi connectivity index (χ1v) is 9.96. The monoisotopic (exact) mass is 350 g/mol. The summed E-state index contributed by atoms with van der Waals surface area (Å²) in [5, 5.41) is 7.55. The van der Waals surface area contributed by atoms with Crippen molar-refractivity contribution in [3.05, 3.63) is 71.8 Å². The summed E-state index contributed by atoms with van der Waals surface area (Å²) in [5.74, 6) is 0. The summed E-state index contributed by atoms with van der Waals surface area (Å²) in [6, 6.07) is 22.1. The largest absolute Gasteiger partial charge is 0.312 e. The van der Waals surface area contributed by atoms with E-state index < -0.39 is 0 Å². The van der Waals surface area contributed by atoms with Crippen LogP contribution in [0, 0.1) is 10.8 Å². The van der Waals surface area contributed by atoms with Crippen LogP contribution in [0.5, 0.6) is 0 Å². The maximum Gasteiger partial charge on any atom is 0.0208 e. The molecule has 1 aliphatic rings. The van der Waals surface area contributed by atoms with E-state index in [9.17, 15) is 0 Å². The van der Waals surface area contributed by atoms with Gasteiger partial charge in [-0.15, -0.1) is 0 Å². The molecule has 0 aromatic heterocycles. The van der Waals surface area contributed by atoms with Gasteiger partial charge in [0.05, 0.1) is 0 Å². The Kier molecular flexibility index (Phi) is 6.16. The summed E-state index contributed by atoms with van der Waals surface area (Å²) < 4.78 is 0. The zero-order valence-corrected chi connectivity index (χ0v) is 16.6. The van der Waals surface area contributed by atoms with Gasteiger partial charge >= 0.3 is 0 Å². The molecule has 140 valence electrons. The van der Waals surface area contributed by atoms with Gasteiger partial charge in [0, 0.05) is 25.7 Å². The molecule has 0 aliphatic heterocycles. The fourth-order valence-corrected chi connectivity index (χ4v) is 4.88. The van der Waals surface area contributed by atoms with E-state index in [-0.39, 0.29) is 0 Å². The van der Waals surface area contributed by atoms with Crippen molar-refractivity contribution in [2.75, 3.05) is 6.54 Å². The highest BCUT2D eigenvalue weighted by Gasteiger charge is 2.40. The van der Waals surface area contributed by atoms with Crippen molar-refractivity contribution in [3.8, 4) is 0 Å². The second-order valence-corrected chi connectivity index (χ2v) is 9.21. The number of rotatable bonds is 7. The molecule has 0 amide bonds. The summed E-state index contributed by atoms with van der Waals surface area (Å²) in [6.07, 6.45) is 3.78. The Bertz CT molecular complexity index is 665. The molecule has 3 rings (SSSR count). The van der Waals surface area contributed by atoms with Gasteiger partial charge in [0.15, 0.2) is 0 Å². The molecule has 0 saturated heterocycles. The fraction of sp³-hybridized carbons (Fsp3) is 0.500. The van der Waals surface area contributed by atoms with Crippen molar-refractivity contribution in [2.24, 2.45) is 10.8 Å². The zero-order valence-electron chi connectivity index (χ0n) is 16.6. The molecule has 26 heavy (non-hydrogen) atoms. The van der Waals surface area contributed by atoms with E-state index in [1.165, 1.54) is 30.4 Å². The van der Waals surface area contributed by atoms with Crippen molar-refractivity contribution >= 4 is 0 Å². The highest BCUT2D eigenvalue weighted by molar-refractivity contribution is 5.15. The Labute approximate surface area is 159 Å². The van der Waals surface area contributed by atoms with Gasteiger partial charge in [-0.2, -0.15) is 0 Å². The molecule has 1 saturated carbocycles. The molecule has 0 bridgehead atoms. The van der Waals surface area contributed by atoms with E-state index in [0.717, 1.165) is 19.6 Å². The number of hydrogen-bond donors (Lipinski definition) is 2. The Morgan fingerprint density at radius 3 is 2.00 bits per heavy atom. The number of nitrogens with one attached hydrogen (secondary N) is 2. The Balaban J connectivity index is 1.55. The molecule has 2 aromatic carbocycles. The lowest BCUT2D eigenvalue weighted by Gasteiger charge is -2.47. The van der Waals surface area contributed by atoms with E-state index in [1.54, 1.807) is 0 Å². The van der Waals surface area contributed by atoms with Crippen molar-refractivity contribution in [1.29, 1.82) is 0 Å². The maximum atomic E-state index is 3.83. The SMILES string of the molecule is CC1(C)CC(NCc2ccccc2)CC(C)(CNCc2ccccc2)C1. The van der Waals surface area contributed by atoms with Gasteiger partial charge in [-0.3, -0.25) is 0 Å². The summed E-state index contributed by atoms with van der Waals surface area (Å²) in [7, 11) is 0. The minimum atomic E-state index is 0.338. The minimum absolute atomic E-state index is 0.338. The maximum absolute atomic E-state index is 3.83. The van der Waals surface area contributed by atoms with Gasteiger partial charge in [0.2, 0.25) is 0 Å². The Morgan fingerprint density at radius 2 is 1.38 bits per heavy atom. The Morgan fingerprint density at radius 1 is 0.808 bits per heavy atom. The van der Waals surface area contributed by atoms with Crippen LogP contribution in [0.25, 0.3) is 0 Å². The van der Waals surface area contributed by atoms with Crippen LogP contribution in [-0.2, 0) is 13.1 Å². The van der Waals surface area contributed by atoms with Crippen molar-refractivity contribution in [3.63, 3.8) is 0 Å². The third-order valence-corrected chi connectivity index (χ3v) is 5.60. The summed E-state index contributed by atoms with van der Waals surface area (Å²) in [5.41, 5.74) is 3.46. The average molecular weight is 351 g/mol. The quantitative estimate of drug-likeness (QED) is 0.721. The molecule has 0 radical (unpaired) electrons. The third-order valence-electron chi connectivity index (χ3n) is 5.60. The van der Waals surface area contributed by atoms with Crippen LogP contribution in [0.4, 0.5) is 0 Å². The van der Waals surface area contributed by atoms with Crippen LogP contribution in [0.2, 0.25) is 0 Å². The fourth-order valence-electron chi connectivity index (χ4n) is 4.88. The first-order valence-electron chi connectivity index (χ1n) is 9.96. The van der Waals surface area contributed by atoms with Crippen LogP contribution in [-0.4, -0.2) is 12.6 Å². The van der Waals surface area contributed by atoms with E-state index >= 15 is 0 Å². The molecule has 2 heteroatoms. The topological polar surface area (TPSA) is 24.1 Å². The highest BCUT2D eigenvalue weighted by Crippen LogP contribution is 2.45. The predicted octanol–water partition coefficient (Wildman–Crippen LogP) is 5.15. The number of hydrogen-bond acceptors (Lipinski definition) is 2. The van der Waals surface area contributed by atoms with Crippen LogP contribution >= 0.6 is 0 Å². The van der Waals surface area contributed by atoms with E-state index in [4.69, 9.17) is 0 Å². The molecule has 1 aliphatic carbocycles. The van der Waals surface area contributed by atoms with Gasteiger partial charge in [0.25, 0.3) is 0 Å². The molecule has 2 aromatic rings. The van der Waals surface area contributed by atoms with Crippen LogP contribution in [0.15, 0.2) is 60.7 Å². The molecule has 0 spiro atoms. The third kappa shape index (κ3) is 5.69. The van der Waals surface area contributed by atoms with Crippen LogP contribution in [0.3, 0.4) is 0 Å². The van der Waals surface area contributed by atoms with Crippen LogP contribution < -0.4 is 10.6 Å². The number of benzene rings is 2. The smallest absolute Gasteiger partial charge is 0.0208 e. The Hall–Kier alpha value is -1.64. The van der Waals surface area contributed by atoms with Gasteiger partial charge < -0.3 is 10.6 Å². The first kappa shape index (κ1) is 19.1. The molecule has 1 fully saturated rings. The van der Waals surface area contributed by atoms with Gasteiger partial charge in [-0.05, 0) is 41.2 Å². The van der Waals surface area contributed by atoms with Gasteiger partial charge in [-0.1, -0.05) is 81.4 Å². The minimum Gasteiger partial charge on any atom is -0.312 e. The second kappa shape index (κ2) is 8.37.